The number of nitrogens with one attached hydrogen (secondary N) is 3. The van der Waals surface area contributed by atoms with E-state index < -0.39 is 0 Å². The van der Waals surface area contributed by atoms with Gasteiger partial charge in [0.25, 0.3) is 0 Å². The summed E-state index contributed by atoms with van der Waals surface area (Å²) in [5, 5.41) is 18.9. The van der Waals surface area contributed by atoms with Crippen LogP contribution in [0.15, 0.2) is 98.1 Å². The summed E-state index contributed by atoms with van der Waals surface area (Å²) < 4.78 is 14.6. The average molecular weight is 949 g/mol. The number of rotatable bonds is 14. The number of carbonyl (C=O) groups is 2. The third-order valence-corrected chi connectivity index (χ3v) is 10.9. The first-order valence-corrected chi connectivity index (χ1v) is 22.2. The standard InChI is InChI=1S/C24H24N8O2.C19H18ClN5O2.C5H7N3/c1-14-25-10-9-20(28-14)30-21-11-19(17(12-26-21)22(33)15-7-8-15)29-18-6-4-5-16(23(18)34-3)24-27-13-32(2)31-24;1-25-10-22-19(24-25)12-4-3-5-14(18(12)27-2)23-15-8-16(20)21-9-13(15)17(26)11-6-7-11;1-4-7-3-2-5(6)8-4/h4-6,9-13,15H,7-8H2,1-3H3,(H2,25,26,28,29,30);3-5,8-11H,6-7H2,1-2H3,(H,21,23);2-3H,1H3,(H2,6,7,8). The van der Waals surface area contributed by atoms with Crippen molar-refractivity contribution in [3.63, 3.8) is 0 Å². The van der Waals surface area contributed by atoms with E-state index in [1.165, 1.54) is 6.20 Å². The largest absolute Gasteiger partial charge is 0.494 e. The fourth-order valence-electron chi connectivity index (χ4n) is 7.09. The summed E-state index contributed by atoms with van der Waals surface area (Å²) in [6.07, 6.45) is 13.4. The van der Waals surface area contributed by atoms with E-state index in [-0.39, 0.29) is 23.4 Å². The minimum Gasteiger partial charge on any atom is -0.494 e. The molecular weight excluding hydrogens is 900 g/mol. The minimum atomic E-state index is 0.0524. The number of pyridine rings is 2. The molecule has 0 bridgehead atoms. The summed E-state index contributed by atoms with van der Waals surface area (Å²) in [5.74, 6) is 5.63. The van der Waals surface area contributed by atoms with Gasteiger partial charge in [-0.2, -0.15) is 10.2 Å². The van der Waals surface area contributed by atoms with Gasteiger partial charge in [0, 0.05) is 56.8 Å². The topological polar surface area (TPSA) is 253 Å². The SMILES string of the molecule is COc1c(Nc2cc(Cl)ncc2C(=O)C2CC2)cccc1-c1ncn(C)n1.COc1c(Nc2cc(Nc3ccnc(C)n3)ncc2C(=O)C2CC2)cccc1-c1ncn(C)n1.Cc1nccc(N)n1. The molecule has 0 unspecified atom stereocenters. The van der Waals surface area contributed by atoms with Crippen LogP contribution in [0.2, 0.25) is 5.15 Å². The number of ether oxygens (including phenoxy) is 2. The molecule has 10 rings (SSSR count). The van der Waals surface area contributed by atoms with Gasteiger partial charge in [0.2, 0.25) is 0 Å². The molecule has 0 amide bonds. The fourth-order valence-corrected chi connectivity index (χ4v) is 7.25. The molecule has 69 heavy (non-hydrogen) atoms. The average Bonchev–Trinajstić information content (AvgIpc) is 4.28. The molecule has 0 aliphatic heterocycles. The van der Waals surface area contributed by atoms with Crippen molar-refractivity contribution >= 4 is 63.4 Å². The highest BCUT2D eigenvalue weighted by molar-refractivity contribution is 6.30. The van der Waals surface area contributed by atoms with E-state index >= 15 is 0 Å². The number of anilines is 7. The van der Waals surface area contributed by atoms with E-state index in [0.717, 1.165) is 36.8 Å². The van der Waals surface area contributed by atoms with E-state index in [0.29, 0.717) is 91.3 Å². The second kappa shape index (κ2) is 21.1. The molecule has 6 heterocycles. The molecule has 0 radical (unpaired) electrons. The lowest BCUT2D eigenvalue weighted by atomic mass is 10.1. The predicted octanol–water partition coefficient (Wildman–Crippen LogP) is 8.31. The summed E-state index contributed by atoms with van der Waals surface area (Å²) in [6, 6.07) is 18.2. The highest BCUT2D eigenvalue weighted by atomic mass is 35.5. The second-order valence-electron chi connectivity index (χ2n) is 16.1. The molecule has 2 aromatic carbocycles. The van der Waals surface area contributed by atoms with Crippen LogP contribution in [0.5, 0.6) is 11.5 Å². The molecular formula is C48H49ClN16O4. The van der Waals surface area contributed by atoms with Crippen LogP contribution in [0.3, 0.4) is 0 Å². The summed E-state index contributed by atoms with van der Waals surface area (Å²) in [7, 11) is 6.80. The zero-order chi connectivity index (χ0) is 48.6. The Morgan fingerprint density at radius 3 is 1.58 bits per heavy atom. The van der Waals surface area contributed by atoms with E-state index in [4.69, 9.17) is 26.8 Å². The van der Waals surface area contributed by atoms with Gasteiger partial charge in [0.05, 0.1) is 59.2 Å². The number of benzene rings is 2. The maximum absolute atomic E-state index is 13.0. The summed E-state index contributed by atoms with van der Waals surface area (Å²) in [6.45, 7) is 3.62. The van der Waals surface area contributed by atoms with Crippen LogP contribution in [0.1, 0.15) is 58.0 Å². The molecule has 5 N–H and O–H groups in total. The molecule has 0 atom stereocenters. The molecule has 2 fully saturated rings. The van der Waals surface area contributed by atoms with E-state index in [2.05, 4.69) is 66.0 Å². The first-order chi connectivity index (χ1) is 33.4. The number of ketones is 2. The van der Waals surface area contributed by atoms with Gasteiger partial charge < -0.3 is 31.2 Å². The van der Waals surface area contributed by atoms with Crippen molar-refractivity contribution in [3.8, 4) is 34.3 Å². The van der Waals surface area contributed by atoms with Crippen molar-refractivity contribution in [1.82, 2.24) is 59.4 Å². The van der Waals surface area contributed by atoms with Crippen LogP contribution < -0.4 is 31.2 Å². The first kappa shape index (κ1) is 47.1. The quantitative estimate of drug-likeness (QED) is 0.0590. The second-order valence-corrected chi connectivity index (χ2v) is 16.5. The van der Waals surface area contributed by atoms with Crippen molar-refractivity contribution in [2.45, 2.75) is 39.5 Å². The number of methoxy groups -OCH3 is 2. The Bertz CT molecular complexity index is 3120. The third kappa shape index (κ3) is 11.8. The van der Waals surface area contributed by atoms with Crippen molar-refractivity contribution < 1.29 is 19.1 Å². The monoisotopic (exact) mass is 948 g/mol. The number of nitrogens with two attached hydrogens (primary N) is 1. The number of nitrogen functional groups attached to an aromatic ring is 1. The highest BCUT2D eigenvalue weighted by Crippen LogP contribution is 2.41. The van der Waals surface area contributed by atoms with Crippen LogP contribution >= 0.6 is 11.6 Å². The Hall–Kier alpha value is -8.39. The normalized spacial score (nSPS) is 12.7. The van der Waals surface area contributed by atoms with E-state index in [1.54, 1.807) is 93.1 Å². The number of carbonyl (C=O) groups excluding carboxylic acids is 2. The molecule has 0 saturated heterocycles. The van der Waals surface area contributed by atoms with Crippen molar-refractivity contribution in [1.29, 1.82) is 0 Å². The highest BCUT2D eigenvalue weighted by Gasteiger charge is 2.33. The number of hydrogen-bond donors (Lipinski definition) is 4. The smallest absolute Gasteiger partial charge is 0.184 e. The van der Waals surface area contributed by atoms with Crippen LogP contribution in [0.4, 0.5) is 40.2 Å². The van der Waals surface area contributed by atoms with Gasteiger partial charge in [-0.1, -0.05) is 23.7 Å². The Morgan fingerprint density at radius 2 is 1.13 bits per heavy atom. The van der Waals surface area contributed by atoms with Crippen LogP contribution in [-0.2, 0) is 14.1 Å². The number of halogens is 1. The maximum Gasteiger partial charge on any atom is 0.184 e. The number of Topliss-reactive ketones (excluding diaryl/α,β-unsaturated/α-hetero) is 2. The molecule has 21 heteroatoms. The molecule has 0 spiro atoms. The number of nitrogens with zero attached hydrogens (tertiary/aromatic N) is 12. The molecule has 2 aliphatic rings. The number of para-hydroxylation sites is 2. The van der Waals surface area contributed by atoms with Gasteiger partial charge in [0.1, 0.15) is 46.9 Å². The fraction of sp³-hybridized carbons (Fsp3) is 0.250. The summed E-state index contributed by atoms with van der Waals surface area (Å²) in [4.78, 5) is 58.9. The lowest BCUT2D eigenvalue weighted by Gasteiger charge is -2.17. The van der Waals surface area contributed by atoms with E-state index in [1.807, 2.05) is 50.4 Å². The molecule has 6 aromatic heterocycles. The van der Waals surface area contributed by atoms with Gasteiger partial charge in [-0.3, -0.25) is 19.0 Å². The molecule has 352 valence electrons. The van der Waals surface area contributed by atoms with Crippen molar-refractivity contribution in [2.24, 2.45) is 25.9 Å². The summed E-state index contributed by atoms with van der Waals surface area (Å²) in [5.41, 5.74) is 10.5. The van der Waals surface area contributed by atoms with Crippen molar-refractivity contribution in [2.75, 3.05) is 35.9 Å². The zero-order valence-corrected chi connectivity index (χ0v) is 39.4. The molecule has 2 saturated carbocycles. The van der Waals surface area contributed by atoms with Gasteiger partial charge in [-0.25, -0.2) is 39.9 Å². The maximum atomic E-state index is 13.0. The predicted molar refractivity (Wildman–Crippen MR) is 261 cm³/mol. The van der Waals surface area contributed by atoms with Gasteiger partial charge in [-0.05, 0) is 82.0 Å². The minimum absolute atomic E-state index is 0.0524. The molecule has 2 aliphatic carbocycles. The van der Waals surface area contributed by atoms with E-state index in [9.17, 15) is 9.59 Å². The first-order valence-electron chi connectivity index (χ1n) is 21.8. The van der Waals surface area contributed by atoms with Gasteiger partial charge in [-0.15, -0.1) is 0 Å². The van der Waals surface area contributed by atoms with Gasteiger partial charge >= 0.3 is 0 Å². The van der Waals surface area contributed by atoms with Crippen LogP contribution in [-0.4, -0.2) is 85.2 Å². The Kier molecular flexibility index (Phi) is 14.4. The zero-order valence-electron chi connectivity index (χ0n) is 38.7. The van der Waals surface area contributed by atoms with Crippen LogP contribution in [0, 0.1) is 25.7 Å². The Balaban J connectivity index is 0.000000163. The summed E-state index contributed by atoms with van der Waals surface area (Å²) >= 11 is 6.07. The lowest BCUT2D eigenvalue weighted by Crippen LogP contribution is -2.09. The number of aromatic nitrogens is 12. The lowest BCUT2D eigenvalue weighted by molar-refractivity contribution is 0.0960. The van der Waals surface area contributed by atoms with Crippen LogP contribution in [0.25, 0.3) is 22.8 Å². The number of aryl methyl sites for hydroxylation is 4. The third-order valence-electron chi connectivity index (χ3n) is 10.7. The molecule has 20 nitrogen and oxygen atoms in total. The van der Waals surface area contributed by atoms with Gasteiger partial charge in [0.15, 0.2) is 34.7 Å². The Labute approximate surface area is 402 Å². The molecule has 8 aromatic rings. The number of hydrogen-bond acceptors (Lipinski definition) is 18. The Morgan fingerprint density at radius 1 is 0.623 bits per heavy atom. The van der Waals surface area contributed by atoms with Crippen molar-refractivity contribution in [3.05, 3.63) is 126 Å².